The molecule has 0 aromatic heterocycles. The molecule has 1 fully saturated rings. The normalized spacial score (nSPS) is 23.5. The molecule has 0 radical (unpaired) electrons. The lowest BCUT2D eigenvalue weighted by Gasteiger charge is -2.22. The number of hydrogen-bond acceptors (Lipinski definition) is 2. The van der Waals surface area contributed by atoms with E-state index < -0.39 is 6.17 Å². The van der Waals surface area contributed by atoms with E-state index in [4.69, 9.17) is 0 Å². The maximum atomic E-state index is 14.6. The Hall–Kier alpha value is -1.97. The Morgan fingerprint density at radius 1 is 1.29 bits per heavy atom. The van der Waals surface area contributed by atoms with E-state index in [1.54, 1.807) is 0 Å². The van der Waals surface area contributed by atoms with Crippen molar-refractivity contribution in [2.24, 2.45) is 4.99 Å². The second-order valence-corrected chi connectivity index (χ2v) is 6.37. The van der Waals surface area contributed by atoms with Gasteiger partial charge in [-0.1, -0.05) is 44.2 Å². The van der Waals surface area contributed by atoms with Crippen LogP contribution in [0.1, 0.15) is 58.1 Å². The number of alkyl halides is 1. The third-order valence-corrected chi connectivity index (χ3v) is 4.63. The number of carbonyl (C=O) groups excluding carboxylic acids is 1. The molecule has 0 amide bonds. The molecule has 1 aliphatic rings. The first-order chi connectivity index (χ1) is 11.5. The largest absolute Gasteiger partial charge is 0.353 e. The lowest BCUT2D eigenvalue weighted by Crippen LogP contribution is -2.27. The predicted octanol–water partition coefficient (Wildman–Crippen LogP) is 4.85. The van der Waals surface area contributed by atoms with Crippen LogP contribution in [0.3, 0.4) is 0 Å². The van der Waals surface area contributed by atoms with Crippen LogP contribution in [0.15, 0.2) is 46.6 Å². The molecule has 2 atom stereocenters. The molecule has 1 saturated heterocycles. The van der Waals surface area contributed by atoms with Gasteiger partial charge in [0.25, 0.3) is 0 Å². The number of likely N-dealkylation sites (tertiary alicyclic amines) is 1. The number of amidine groups is 1. The zero-order chi connectivity index (χ0) is 17.7. The molecule has 130 valence electrons. The van der Waals surface area contributed by atoms with Gasteiger partial charge in [-0.2, -0.15) is 0 Å². The number of allylic oxidation sites excluding steroid dienone is 2. The Labute approximate surface area is 144 Å². The summed E-state index contributed by atoms with van der Waals surface area (Å²) in [6.07, 6.45) is 1.19. The standard InChI is InChI=1S/C20H27FN2O/c1-5-10-18(24)19(14(3)6-2)22-20-16(21)13-17(23(20)4)15-11-8-7-9-12-15/h7-9,11-12,16-17H,5-6,10,13H2,1-4H3/b19-14-,22-20-. The van der Waals surface area contributed by atoms with Gasteiger partial charge >= 0.3 is 0 Å². The van der Waals surface area contributed by atoms with E-state index >= 15 is 0 Å². The van der Waals surface area contributed by atoms with Gasteiger partial charge in [0.1, 0.15) is 11.5 Å². The van der Waals surface area contributed by atoms with Crippen LogP contribution in [0.2, 0.25) is 0 Å². The second-order valence-electron chi connectivity index (χ2n) is 6.37. The minimum atomic E-state index is -1.14. The van der Waals surface area contributed by atoms with Crippen molar-refractivity contribution < 1.29 is 9.18 Å². The molecule has 1 aromatic carbocycles. The van der Waals surface area contributed by atoms with Gasteiger partial charge in [-0.3, -0.25) is 4.79 Å². The van der Waals surface area contributed by atoms with Crippen LogP contribution in [-0.2, 0) is 4.79 Å². The summed E-state index contributed by atoms with van der Waals surface area (Å²) in [5.74, 6) is 0.379. The minimum absolute atomic E-state index is 0.00751. The smallest absolute Gasteiger partial charge is 0.181 e. The predicted molar refractivity (Wildman–Crippen MR) is 96.8 cm³/mol. The summed E-state index contributed by atoms with van der Waals surface area (Å²) in [5, 5.41) is 0. The van der Waals surface area contributed by atoms with Gasteiger partial charge < -0.3 is 4.90 Å². The average Bonchev–Trinajstić information content (AvgIpc) is 2.87. The first-order valence-electron chi connectivity index (χ1n) is 8.72. The SMILES string of the molecule is CCCC(=O)C(/N=C1/C(F)CC(c2ccccc2)N1C)=C(\C)CC. The number of halogens is 1. The van der Waals surface area contributed by atoms with E-state index in [0.29, 0.717) is 24.4 Å². The Balaban J connectivity index is 2.35. The maximum absolute atomic E-state index is 14.6. The molecule has 3 nitrogen and oxygen atoms in total. The Morgan fingerprint density at radius 3 is 2.54 bits per heavy atom. The monoisotopic (exact) mass is 330 g/mol. The number of hydrogen-bond donors (Lipinski definition) is 0. The van der Waals surface area contributed by atoms with Crippen molar-refractivity contribution >= 4 is 11.6 Å². The summed E-state index contributed by atoms with van der Waals surface area (Å²) in [6, 6.07) is 9.85. The molecule has 1 aliphatic heterocycles. The van der Waals surface area contributed by atoms with Crippen LogP contribution in [0.4, 0.5) is 4.39 Å². The number of nitrogens with zero attached hydrogens (tertiary/aromatic N) is 2. The fourth-order valence-corrected chi connectivity index (χ4v) is 3.05. The van der Waals surface area contributed by atoms with Gasteiger partial charge in [0, 0.05) is 19.9 Å². The van der Waals surface area contributed by atoms with E-state index in [0.717, 1.165) is 24.0 Å². The summed E-state index contributed by atoms with van der Waals surface area (Å²) in [6.45, 7) is 5.87. The summed E-state index contributed by atoms with van der Waals surface area (Å²) in [4.78, 5) is 18.8. The van der Waals surface area contributed by atoms with Gasteiger partial charge in [0.05, 0.1) is 6.04 Å². The number of carbonyl (C=O) groups is 1. The number of ketones is 1. The molecule has 0 spiro atoms. The summed E-state index contributed by atoms with van der Waals surface area (Å²) in [5.41, 5.74) is 2.44. The van der Waals surface area contributed by atoms with Gasteiger partial charge in [-0.25, -0.2) is 9.38 Å². The van der Waals surface area contributed by atoms with Crippen LogP contribution in [0.5, 0.6) is 0 Å². The van der Waals surface area contributed by atoms with Crippen molar-refractivity contribution in [2.45, 2.75) is 58.7 Å². The fraction of sp³-hybridized carbons (Fsp3) is 0.500. The van der Waals surface area contributed by atoms with Gasteiger partial charge in [0.2, 0.25) is 0 Å². The van der Waals surface area contributed by atoms with Crippen LogP contribution >= 0.6 is 0 Å². The zero-order valence-electron chi connectivity index (χ0n) is 15.1. The van der Waals surface area contributed by atoms with Crippen molar-refractivity contribution in [2.75, 3.05) is 7.05 Å². The summed E-state index contributed by atoms with van der Waals surface area (Å²) in [7, 11) is 1.86. The molecule has 2 rings (SSSR count). The number of benzene rings is 1. The van der Waals surface area contributed by atoms with E-state index in [9.17, 15) is 9.18 Å². The molecule has 2 unspecified atom stereocenters. The zero-order valence-corrected chi connectivity index (χ0v) is 15.1. The highest BCUT2D eigenvalue weighted by molar-refractivity contribution is 6.00. The first kappa shape index (κ1) is 18.4. The third-order valence-electron chi connectivity index (χ3n) is 4.63. The van der Waals surface area contributed by atoms with Crippen LogP contribution in [0, 0.1) is 0 Å². The van der Waals surface area contributed by atoms with Crippen LogP contribution in [0.25, 0.3) is 0 Å². The molecule has 0 saturated carbocycles. The Bertz CT molecular complexity index is 636. The topological polar surface area (TPSA) is 32.7 Å². The van der Waals surface area contributed by atoms with Gasteiger partial charge in [0.15, 0.2) is 12.0 Å². The molecule has 1 aromatic rings. The van der Waals surface area contributed by atoms with E-state index in [-0.39, 0.29) is 11.8 Å². The molecular weight excluding hydrogens is 303 g/mol. The highest BCUT2D eigenvalue weighted by Gasteiger charge is 2.36. The van der Waals surface area contributed by atoms with Crippen molar-refractivity contribution in [3.63, 3.8) is 0 Å². The molecule has 24 heavy (non-hydrogen) atoms. The highest BCUT2D eigenvalue weighted by atomic mass is 19.1. The lowest BCUT2D eigenvalue weighted by molar-refractivity contribution is -0.115. The highest BCUT2D eigenvalue weighted by Crippen LogP contribution is 2.34. The molecule has 0 bridgehead atoms. The number of aliphatic imine (C=N–C) groups is 1. The van der Waals surface area contributed by atoms with Crippen molar-refractivity contribution in [3.05, 3.63) is 47.2 Å². The van der Waals surface area contributed by atoms with E-state index in [1.165, 1.54) is 0 Å². The number of rotatable bonds is 6. The van der Waals surface area contributed by atoms with Gasteiger partial charge in [-0.05, 0) is 30.9 Å². The molecule has 0 N–H and O–H groups in total. The van der Waals surface area contributed by atoms with Crippen molar-refractivity contribution in [1.82, 2.24) is 4.90 Å². The number of Topliss-reactive ketones (excluding diaryl/α,β-unsaturated/α-hetero) is 1. The molecule has 4 heteroatoms. The Kier molecular flexibility index (Phi) is 6.29. The van der Waals surface area contributed by atoms with Crippen molar-refractivity contribution in [1.29, 1.82) is 0 Å². The van der Waals surface area contributed by atoms with Crippen LogP contribution < -0.4 is 0 Å². The van der Waals surface area contributed by atoms with E-state index in [1.807, 2.05) is 63.1 Å². The molecule has 1 heterocycles. The molecular formula is C20H27FN2O. The second kappa shape index (κ2) is 8.22. The Morgan fingerprint density at radius 2 is 1.96 bits per heavy atom. The first-order valence-corrected chi connectivity index (χ1v) is 8.72. The van der Waals surface area contributed by atoms with Gasteiger partial charge in [-0.15, -0.1) is 0 Å². The average molecular weight is 330 g/mol. The summed E-state index contributed by atoms with van der Waals surface area (Å²) < 4.78 is 14.6. The van der Waals surface area contributed by atoms with E-state index in [2.05, 4.69) is 4.99 Å². The summed E-state index contributed by atoms with van der Waals surface area (Å²) >= 11 is 0. The molecule has 0 aliphatic carbocycles. The maximum Gasteiger partial charge on any atom is 0.181 e. The lowest BCUT2D eigenvalue weighted by atomic mass is 10.0. The quantitative estimate of drug-likeness (QED) is 0.698. The minimum Gasteiger partial charge on any atom is -0.353 e. The third kappa shape index (κ3) is 3.92. The fourth-order valence-electron chi connectivity index (χ4n) is 3.05. The van der Waals surface area contributed by atoms with Crippen molar-refractivity contribution in [3.8, 4) is 0 Å². The van der Waals surface area contributed by atoms with Crippen LogP contribution in [-0.4, -0.2) is 29.7 Å².